The molecule has 0 saturated carbocycles. The highest BCUT2D eigenvalue weighted by Gasteiger charge is 2.27. The zero-order chi connectivity index (χ0) is 21.3. The molecule has 1 aliphatic rings. The number of aliphatic hydroxyl groups is 1. The SMILES string of the molecule is O=C(NCC(=O)N1CCC(C(=O)NC[C@H](O)c2ccccc2)CC1)c1ccccc1. The van der Waals surface area contributed by atoms with E-state index in [1.54, 1.807) is 29.2 Å². The van der Waals surface area contributed by atoms with Crippen molar-refractivity contribution in [3.05, 3.63) is 71.8 Å². The summed E-state index contributed by atoms with van der Waals surface area (Å²) in [5, 5.41) is 15.6. The lowest BCUT2D eigenvalue weighted by Crippen LogP contribution is -2.46. The van der Waals surface area contributed by atoms with E-state index in [9.17, 15) is 19.5 Å². The number of amides is 3. The van der Waals surface area contributed by atoms with Gasteiger partial charge in [-0.25, -0.2) is 0 Å². The molecule has 158 valence electrons. The normalized spacial score (nSPS) is 15.3. The topological polar surface area (TPSA) is 98.7 Å². The van der Waals surface area contributed by atoms with Crippen molar-refractivity contribution in [2.24, 2.45) is 5.92 Å². The number of carbonyl (C=O) groups is 3. The van der Waals surface area contributed by atoms with Gasteiger partial charge in [-0.2, -0.15) is 0 Å². The van der Waals surface area contributed by atoms with Crippen LogP contribution in [-0.4, -0.2) is 53.9 Å². The fraction of sp³-hybridized carbons (Fsp3) is 0.348. The number of nitrogens with one attached hydrogen (secondary N) is 2. The van der Waals surface area contributed by atoms with Crippen molar-refractivity contribution in [2.45, 2.75) is 18.9 Å². The van der Waals surface area contributed by atoms with Gasteiger partial charge in [-0.15, -0.1) is 0 Å². The van der Waals surface area contributed by atoms with Crippen LogP contribution in [0.4, 0.5) is 0 Å². The summed E-state index contributed by atoms with van der Waals surface area (Å²) in [7, 11) is 0. The van der Waals surface area contributed by atoms with E-state index in [0.717, 1.165) is 5.56 Å². The van der Waals surface area contributed by atoms with Crippen molar-refractivity contribution in [3.8, 4) is 0 Å². The van der Waals surface area contributed by atoms with Crippen molar-refractivity contribution >= 4 is 17.7 Å². The smallest absolute Gasteiger partial charge is 0.251 e. The van der Waals surface area contributed by atoms with E-state index >= 15 is 0 Å². The molecule has 1 saturated heterocycles. The van der Waals surface area contributed by atoms with Gasteiger partial charge in [0.05, 0.1) is 12.6 Å². The number of nitrogens with zero attached hydrogens (tertiary/aromatic N) is 1. The minimum Gasteiger partial charge on any atom is -0.387 e. The van der Waals surface area contributed by atoms with Gasteiger partial charge in [0, 0.05) is 31.1 Å². The number of hydrogen-bond acceptors (Lipinski definition) is 4. The molecule has 3 N–H and O–H groups in total. The summed E-state index contributed by atoms with van der Waals surface area (Å²) in [4.78, 5) is 38.5. The molecule has 0 aromatic heterocycles. The first-order chi connectivity index (χ1) is 14.5. The Kier molecular flexibility index (Phi) is 7.57. The van der Waals surface area contributed by atoms with Gasteiger partial charge in [-0.05, 0) is 30.5 Å². The van der Waals surface area contributed by atoms with Crippen LogP contribution in [0.3, 0.4) is 0 Å². The number of likely N-dealkylation sites (tertiary alicyclic amines) is 1. The van der Waals surface area contributed by atoms with Crippen LogP contribution in [-0.2, 0) is 9.59 Å². The molecule has 30 heavy (non-hydrogen) atoms. The van der Waals surface area contributed by atoms with Gasteiger partial charge >= 0.3 is 0 Å². The highest BCUT2D eigenvalue weighted by Crippen LogP contribution is 2.18. The third kappa shape index (κ3) is 5.90. The van der Waals surface area contributed by atoms with E-state index in [4.69, 9.17) is 0 Å². The lowest BCUT2D eigenvalue weighted by atomic mass is 9.95. The van der Waals surface area contributed by atoms with Crippen molar-refractivity contribution in [2.75, 3.05) is 26.2 Å². The van der Waals surface area contributed by atoms with E-state index in [1.165, 1.54) is 0 Å². The van der Waals surface area contributed by atoms with Gasteiger partial charge in [0.25, 0.3) is 5.91 Å². The second-order valence-corrected chi connectivity index (χ2v) is 7.38. The highest BCUT2D eigenvalue weighted by atomic mass is 16.3. The zero-order valence-corrected chi connectivity index (χ0v) is 16.8. The Hall–Kier alpha value is -3.19. The van der Waals surface area contributed by atoms with Crippen LogP contribution >= 0.6 is 0 Å². The lowest BCUT2D eigenvalue weighted by Gasteiger charge is -2.31. The molecule has 0 spiro atoms. The Morgan fingerprint density at radius 1 is 0.933 bits per heavy atom. The molecular formula is C23H27N3O4. The second-order valence-electron chi connectivity index (χ2n) is 7.38. The van der Waals surface area contributed by atoms with Crippen LogP contribution in [0, 0.1) is 5.92 Å². The Bertz CT molecular complexity index is 849. The molecule has 3 rings (SSSR count). The van der Waals surface area contributed by atoms with Crippen LogP contribution < -0.4 is 10.6 Å². The summed E-state index contributed by atoms with van der Waals surface area (Å²) in [5.41, 5.74) is 1.27. The van der Waals surface area contributed by atoms with Crippen LogP contribution in [0.2, 0.25) is 0 Å². The average molecular weight is 409 g/mol. The maximum absolute atomic E-state index is 12.4. The first-order valence-corrected chi connectivity index (χ1v) is 10.2. The first kappa shape index (κ1) is 21.5. The largest absolute Gasteiger partial charge is 0.387 e. The second kappa shape index (κ2) is 10.5. The molecule has 0 unspecified atom stereocenters. The maximum atomic E-state index is 12.4. The number of piperidine rings is 1. The standard InChI is InChI=1S/C23H27N3O4/c27-20(17-7-3-1-4-8-17)15-24-23(30)19-11-13-26(14-12-19)21(28)16-25-22(29)18-9-5-2-6-10-18/h1-10,19-20,27H,11-16H2,(H,24,30)(H,25,29)/t20-/m0/s1. The summed E-state index contributed by atoms with van der Waals surface area (Å²) in [6.07, 6.45) is 0.377. The van der Waals surface area contributed by atoms with E-state index in [-0.39, 0.29) is 36.7 Å². The van der Waals surface area contributed by atoms with Crippen LogP contribution in [0.25, 0.3) is 0 Å². The predicted octanol–water partition coefficient (Wildman–Crippen LogP) is 1.50. The Morgan fingerprint density at radius 2 is 1.53 bits per heavy atom. The molecule has 0 aliphatic carbocycles. The summed E-state index contributed by atoms with van der Waals surface area (Å²) >= 11 is 0. The van der Waals surface area contributed by atoms with Gasteiger partial charge < -0.3 is 20.6 Å². The summed E-state index contributed by atoms with van der Waals surface area (Å²) in [6, 6.07) is 17.9. The molecule has 2 aromatic rings. The monoisotopic (exact) mass is 409 g/mol. The quantitative estimate of drug-likeness (QED) is 0.645. The van der Waals surface area contributed by atoms with E-state index in [2.05, 4.69) is 10.6 Å². The maximum Gasteiger partial charge on any atom is 0.251 e. The number of carbonyl (C=O) groups excluding carboxylic acids is 3. The summed E-state index contributed by atoms with van der Waals surface area (Å²) < 4.78 is 0. The number of hydrogen-bond donors (Lipinski definition) is 3. The van der Waals surface area contributed by atoms with Crippen LogP contribution in [0.5, 0.6) is 0 Å². The molecule has 2 aromatic carbocycles. The van der Waals surface area contributed by atoms with Crippen molar-refractivity contribution in [1.29, 1.82) is 0 Å². The third-order valence-corrected chi connectivity index (χ3v) is 5.31. The van der Waals surface area contributed by atoms with Gasteiger partial charge in [-0.3, -0.25) is 14.4 Å². The number of rotatable bonds is 7. The van der Waals surface area contributed by atoms with Crippen molar-refractivity contribution in [3.63, 3.8) is 0 Å². The summed E-state index contributed by atoms with van der Waals surface area (Å²) in [5.74, 6) is -0.724. The van der Waals surface area contributed by atoms with E-state index in [0.29, 0.717) is 31.5 Å². The molecule has 7 nitrogen and oxygen atoms in total. The third-order valence-electron chi connectivity index (χ3n) is 5.31. The van der Waals surface area contributed by atoms with Crippen molar-refractivity contribution < 1.29 is 19.5 Å². The molecule has 1 aliphatic heterocycles. The highest BCUT2D eigenvalue weighted by molar-refractivity contribution is 5.96. The molecule has 3 amide bonds. The summed E-state index contributed by atoms with van der Waals surface area (Å²) in [6.45, 7) is 1.04. The molecular weight excluding hydrogens is 382 g/mol. The predicted molar refractivity (Wildman–Crippen MR) is 112 cm³/mol. The van der Waals surface area contributed by atoms with Gasteiger partial charge in [0.1, 0.15) is 0 Å². The fourth-order valence-electron chi connectivity index (χ4n) is 3.49. The minimum absolute atomic E-state index is 0.0616. The Labute approximate surface area is 176 Å². The number of benzene rings is 2. The Morgan fingerprint density at radius 3 is 2.17 bits per heavy atom. The van der Waals surface area contributed by atoms with Crippen LogP contribution in [0.1, 0.15) is 34.9 Å². The molecule has 1 fully saturated rings. The minimum atomic E-state index is -0.745. The van der Waals surface area contributed by atoms with E-state index < -0.39 is 6.10 Å². The molecule has 1 atom stereocenters. The number of aliphatic hydroxyl groups excluding tert-OH is 1. The van der Waals surface area contributed by atoms with Gasteiger partial charge in [-0.1, -0.05) is 48.5 Å². The zero-order valence-electron chi connectivity index (χ0n) is 16.8. The Balaban J connectivity index is 1.38. The van der Waals surface area contributed by atoms with Crippen molar-refractivity contribution in [1.82, 2.24) is 15.5 Å². The fourth-order valence-corrected chi connectivity index (χ4v) is 3.49. The molecule has 1 heterocycles. The molecule has 0 radical (unpaired) electrons. The van der Waals surface area contributed by atoms with E-state index in [1.807, 2.05) is 36.4 Å². The first-order valence-electron chi connectivity index (χ1n) is 10.2. The van der Waals surface area contributed by atoms with Crippen LogP contribution in [0.15, 0.2) is 60.7 Å². The molecule has 0 bridgehead atoms. The van der Waals surface area contributed by atoms with Gasteiger partial charge in [0.2, 0.25) is 11.8 Å². The molecule has 7 heteroatoms. The lowest BCUT2D eigenvalue weighted by molar-refractivity contribution is -0.134. The van der Waals surface area contributed by atoms with Gasteiger partial charge in [0.15, 0.2) is 0 Å². The average Bonchev–Trinajstić information content (AvgIpc) is 2.81.